The van der Waals surface area contributed by atoms with E-state index in [1.165, 1.54) is 0 Å². The topological polar surface area (TPSA) is 81.1 Å². The van der Waals surface area contributed by atoms with Gasteiger partial charge in [0.15, 0.2) is 5.65 Å². The maximum absolute atomic E-state index is 9.34. The van der Waals surface area contributed by atoms with Gasteiger partial charge in [-0.1, -0.05) is 30.7 Å². The summed E-state index contributed by atoms with van der Waals surface area (Å²) in [7, 11) is 1.91. The zero-order valence-electron chi connectivity index (χ0n) is 16.7. The summed E-state index contributed by atoms with van der Waals surface area (Å²) in [5.41, 5.74) is 5.15. The van der Waals surface area contributed by atoms with Crippen LogP contribution in [0, 0.1) is 12.8 Å². The first kappa shape index (κ1) is 19.5. The van der Waals surface area contributed by atoms with E-state index in [9.17, 15) is 5.11 Å². The summed E-state index contributed by atoms with van der Waals surface area (Å²) in [4.78, 5) is 4.91. The van der Waals surface area contributed by atoms with Crippen molar-refractivity contribution in [3.05, 3.63) is 53.2 Å². The third-order valence-corrected chi connectivity index (χ3v) is 5.52. The number of benzene rings is 1. The number of aliphatic hydroxyl groups excluding tert-OH is 1. The van der Waals surface area contributed by atoms with Gasteiger partial charge in [-0.15, -0.1) is 10.2 Å². The Morgan fingerprint density at radius 2 is 1.93 bits per heavy atom. The van der Waals surface area contributed by atoms with Crippen molar-refractivity contribution in [3.63, 3.8) is 0 Å². The van der Waals surface area contributed by atoms with Crippen LogP contribution in [0.3, 0.4) is 0 Å². The van der Waals surface area contributed by atoms with Gasteiger partial charge in [-0.3, -0.25) is 9.08 Å². The average Bonchev–Trinajstić information content (AvgIpc) is 3.29. The normalized spacial score (nSPS) is 12.6. The molecule has 0 fully saturated rings. The molecule has 0 unspecified atom stereocenters. The summed E-state index contributed by atoms with van der Waals surface area (Å²) in [6.07, 6.45) is 5.33. The smallest absolute Gasteiger partial charge is 0.187 e. The molecule has 0 aliphatic carbocycles. The number of aromatic nitrogens is 6. The molecule has 29 heavy (non-hydrogen) atoms. The monoisotopic (exact) mass is 410 g/mol. The Morgan fingerprint density at radius 1 is 1.17 bits per heavy atom. The molecule has 4 rings (SSSR count). The van der Waals surface area contributed by atoms with Crippen LogP contribution < -0.4 is 0 Å². The van der Waals surface area contributed by atoms with Crippen LogP contribution in [0.4, 0.5) is 0 Å². The van der Waals surface area contributed by atoms with Crippen molar-refractivity contribution in [1.82, 2.24) is 29.4 Å². The predicted octanol–water partition coefficient (Wildman–Crippen LogP) is 3.71. The van der Waals surface area contributed by atoms with Gasteiger partial charge >= 0.3 is 0 Å². The third-order valence-electron chi connectivity index (χ3n) is 5.26. The standard InChI is InChI=1S/C21H23ClN6O/c1-13(12-29)4-9-19-25-26-21-20(17-10-23-27(3)14(17)2)24-18(11-28(19)21)15-5-7-16(22)8-6-15/h5-8,10-11,13,29H,4,9,12H2,1-3H3/t13-/m1/s1. The van der Waals surface area contributed by atoms with E-state index in [4.69, 9.17) is 16.6 Å². The highest BCUT2D eigenvalue weighted by Gasteiger charge is 2.19. The number of hydrogen-bond donors (Lipinski definition) is 1. The number of aryl methyl sites for hydroxylation is 2. The molecule has 7 nitrogen and oxygen atoms in total. The second-order valence-electron chi connectivity index (χ2n) is 7.39. The van der Waals surface area contributed by atoms with E-state index in [0.717, 1.165) is 46.9 Å². The van der Waals surface area contributed by atoms with E-state index in [-0.39, 0.29) is 12.5 Å². The zero-order valence-corrected chi connectivity index (χ0v) is 17.4. The number of hydrogen-bond acceptors (Lipinski definition) is 5. The molecular formula is C21H23ClN6O. The Balaban J connectivity index is 1.89. The molecule has 1 atom stereocenters. The number of aliphatic hydroxyl groups is 1. The number of fused-ring (bicyclic) bond motifs is 1. The molecule has 0 saturated heterocycles. The lowest BCUT2D eigenvalue weighted by Crippen LogP contribution is -2.05. The van der Waals surface area contributed by atoms with Crippen molar-refractivity contribution in [2.45, 2.75) is 26.7 Å². The van der Waals surface area contributed by atoms with Crippen molar-refractivity contribution in [3.8, 4) is 22.5 Å². The molecule has 8 heteroatoms. The molecule has 0 aliphatic heterocycles. The van der Waals surface area contributed by atoms with E-state index in [0.29, 0.717) is 10.7 Å². The Morgan fingerprint density at radius 3 is 2.59 bits per heavy atom. The molecule has 0 radical (unpaired) electrons. The second-order valence-corrected chi connectivity index (χ2v) is 7.82. The predicted molar refractivity (Wildman–Crippen MR) is 113 cm³/mol. The lowest BCUT2D eigenvalue weighted by atomic mass is 10.1. The van der Waals surface area contributed by atoms with Crippen LogP contribution in [0.1, 0.15) is 24.9 Å². The first-order valence-corrected chi connectivity index (χ1v) is 9.96. The van der Waals surface area contributed by atoms with Gasteiger partial charge in [0.05, 0.1) is 11.9 Å². The minimum absolute atomic E-state index is 0.161. The number of halogens is 1. The van der Waals surface area contributed by atoms with Gasteiger partial charge in [0.2, 0.25) is 0 Å². The van der Waals surface area contributed by atoms with Gasteiger partial charge in [0.25, 0.3) is 0 Å². The summed E-state index contributed by atoms with van der Waals surface area (Å²) < 4.78 is 3.82. The van der Waals surface area contributed by atoms with E-state index < -0.39 is 0 Å². The van der Waals surface area contributed by atoms with Crippen LogP contribution in [0.25, 0.3) is 28.2 Å². The molecule has 0 aliphatic rings. The molecule has 4 aromatic rings. The van der Waals surface area contributed by atoms with Gasteiger partial charge in [-0.05, 0) is 31.4 Å². The molecule has 1 N–H and O–H groups in total. The van der Waals surface area contributed by atoms with Crippen LogP contribution in [-0.2, 0) is 13.5 Å². The maximum Gasteiger partial charge on any atom is 0.187 e. The summed E-state index contributed by atoms with van der Waals surface area (Å²) >= 11 is 6.06. The van der Waals surface area contributed by atoms with Crippen LogP contribution >= 0.6 is 11.6 Å². The molecule has 0 amide bonds. The SMILES string of the molecule is Cc1c(-c2nc(-c3ccc(Cl)cc3)cn3c(CC[C@@H](C)CO)nnc23)cnn1C. The number of nitrogens with zero attached hydrogens (tertiary/aromatic N) is 6. The Hall–Kier alpha value is -2.77. The molecule has 0 bridgehead atoms. The zero-order chi connectivity index (χ0) is 20.5. The quantitative estimate of drug-likeness (QED) is 0.524. The minimum atomic E-state index is 0.161. The minimum Gasteiger partial charge on any atom is -0.396 e. The summed E-state index contributed by atoms with van der Waals surface area (Å²) in [6, 6.07) is 7.62. The molecular weight excluding hydrogens is 388 g/mol. The summed E-state index contributed by atoms with van der Waals surface area (Å²) in [6.45, 7) is 4.19. The van der Waals surface area contributed by atoms with E-state index in [1.54, 1.807) is 0 Å². The average molecular weight is 411 g/mol. The highest BCUT2D eigenvalue weighted by Crippen LogP contribution is 2.29. The number of rotatable bonds is 6. The fourth-order valence-corrected chi connectivity index (χ4v) is 3.38. The lowest BCUT2D eigenvalue weighted by Gasteiger charge is -2.10. The highest BCUT2D eigenvalue weighted by molar-refractivity contribution is 6.30. The molecule has 0 spiro atoms. The van der Waals surface area contributed by atoms with Crippen molar-refractivity contribution < 1.29 is 5.11 Å². The first-order valence-electron chi connectivity index (χ1n) is 9.58. The fraction of sp³-hybridized carbons (Fsp3) is 0.333. The molecule has 3 heterocycles. The van der Waals surface area contributed by atoms with Gasteiger partial charge in [-0.25, -0.2) is 4.98 Å². The van der Waals surface area contributed by atoms with E-state index in [1.807, 2.05) is 66.6 Å². The van der Waals surface area contributed by atoms with Crippen LogP contribution in [-0.4, -0.2) is 41.1 Å². The first-order chi connectivity index (χ1) is 14.0. The van der Waals surface area contributed by atoms with Gasteiger partial charge in [0.1, 0.15) is 11.5 Å². The van der Waals surface area contributed by atoms with Crippen molar-refractivity contribution >= 4 is 17.2 Å². The summed E-state index contributed by atoms with van der Waals surface area (Å²) in [5.74, 6) is 1.06. The molecule has 0 saturated carbocycles. The molecule has 150 valence electrons. The Kier molecular flexibility index (Phi) is 5.34. The molecule has 1 aromatic carbocycles. The van der Waals surface area contributed by atoms with Gasteiger partial charge < -0.3 is 5.11 Å². The van der Waals surface area contributed by atoms with E-state index >= 15 is 0 Å². The van der Waals surface area contributed by atoms with Crippen LogP contribution in [0.5, 0.6) is 0 Å². The fourth-order valence-electron chi connectivity index (χ4n) is 3.25. The lowest BCUT2D eigenvalue weighted by molar-refractivity contribution is 0.230. The van der Waals surface area contributed by atoms with Gasteiger partial charge in [-0.2, -0.15) is 5.10 Å². The highest BCUT2D eigenvalue weighted by atomic mass is 35.5. The van der Waals surface area contributed by atoms with Crippen LogP contribution in [0.2, 0.25) is 5.02 Å². The Bertz CT molecular complexity index is 1150. The summed E-state index contributed by atoms with van der Waals surface area (Å²) in [5, 5.41) is 23.2. The molecule has 3 aromatic heterocycles. The maximum atomic E-state index is 9.34. The van der Waals surface area contributed by atoms with Crippen molar-refractivity contribution in [2.24, 2.45) is 13.0 Å². The van der Waals surface area contributed by atoms with E-state index in [2.05, 4.69) is 15.3 Å². The van der Waals surface area contributed by atoms with Crippen LogP contribution in [0.15, 0.2) is 36.7 Å². The second kappa shape index (κ2) is 7.93. The Labute approximate surface area is 174 Å². The largest absolute Gasteiger partial charge is 0.396 e. The third kappa shape index (κ3) is 3.75. The van der Waals surface area contributed by atoms with Gasteiger partial charge in [0, 0.05) is 48.1 Å². The van der Waals surface area contributed by atoms with Crippen molar-refractivity contribution in [2.75, 3.05) is 6.61 Å². The van der Waals surface area contributed by atoms with Crippen molar-refractivity contribution in [1.29, 1.82) is 0 Å².